The first-order valence-electron chi connectivity index (χ1n) is 8.01. The maximum Gasteiger partial charge on any atom is 0.136 e. The molecule has 0 bridgehead atoms. The lowest BCUT2D eigenvalue weighted by molar-refractivity contribution is -0.182. The molecular weight excluding hydrogens is 258 g/mol. The molecule has 4 atom stereocenters. The first-order chi connectivity index (χ1) is 9.61. The van der Waals surface area contributed by atoms with Gasteiger partial charge < -0.3 is 20.4 Å². The number of piperidine rings is 1. The molecule has 1 aliphatic heterocycles. The highest BCUT2D eigenvalue weighted by Crippen LogP contribution is 2.22. The van der Waals surface area contributed by atoms with E-state index in [1.807, 2.05) is 0 Å². The minimum absolute atomic E-state index is 0.168. The van der Waals surface area contributed by atoms with Gasteiger partial charge >= 0.3 is 0 Å². The summed E-state index contributed by atoms with van der Waals surface area (Å²) in [6.07, 6.45) is 5.16. The van der Waals surface area contributed by atoms with Crippen molar-refractivity contribution in [1.29, 1.82) is 0 Å². The normalized spacial score (nSPS) is 31.6. The average molecular weight is 289 g/mol. The van der Waals surface area contributed by atoms with E-state index in [0.717, 1.165) is 12.8 Å². The summed E-state index contributed by atoms with van der Waals surface area (Å²) in [6.45, 7) is 3.18. The fourth-order valence-corrected chi connectivity index (χ4v) is 2.85. The van der Waals surface area contributed by atoms with Crippen LogP contribution in [0.5, 0.6) is 0 Å². The molecule has 1 saturated heterocycles. The molecule has 20 heavy (non-hydrogen) atoms. The van der Waals surface area contributed by atoms with E-state index < -0.39 is 18.4 Å². The Bertz CT molecular complexity index is 250. The van der Waals surface area contributed by atoms with Gasteiger partial charge in [-0.1, -0.05) is 45.4 Å². The van der Waals surface area contributed by atoms with Crippen molar-refractivity contribution in [3.63, 3.8) is 0 Å². The second-order valence-electron chi connectivity index (χ2n) is 5.95. The highest BCUT2D eigenvalue weighted by atomic mass is 16.4. The maximum atomic E-state index is 9.93. The van der Waals surface area contributed by atoms with Crippen LogP contribution in [-0.4, -0.2) is 63.5 Å². The monoisotopic (exact) mass is 289 g/mol. The number of aliphatic hydroxyl groups is 4. The molecule has 0 aromatic carbocycles. The van der Waals surface area contributed by atoms with Gasteiger partial charge in [-0.2, -0.15) is 0 Å². The summed E-state index contributed by atoms with van der Waals surface area (Å²) in [5.74, 6) is -0.377. The van der Waals surface area contributed by atoms with Crippen molar-refractivity contribution < 1.29 is 20.4 Å². The molecule has 1 unspecified atom stereocenters. The lowest BCUT2D eigenvalue weighted by atomic mass is 9.91. The van der Waals surface area contributed by atoms with Gasteiger partial charge in [-0.05, 0) is 6.42 Å². The van der Waals surface area contributed by atoms with E-state index in [-0.39, 0.29) is 12.5 Å². The Morgan fingerprint density at radius 2 is 1.50 bits per heavy atom. The highest BCUT2D eigenvalue weighted by Gasteiger charge is 2.40. The van der Waals surface area contributed by atoms with Crippen molar-refractivity contribution in [2.24, 2.45) is 5.92 Å². The zero-order valence-corrected chi connectivity index (χ0v) is 12.6. The Hall–Kier alpha value is -0.200. The molecule has 0 aromatic rings. The third-order valence-electron chi connectivity index (χ3n) is 4.26. The topological polar surface area (TPSA) is 84.2 Å². The van der Waals surface area contributed by atoms with E-state index in [1.54, 1.807) is 4.90 Å². The predicted molar refractivity (Wildman–Crippen MR) is 78.2 cm³/mol. The van der Waals surface area contributed by atoms with Crippen molar-refractivity contribution >= 4 is 0 Å². The number of nitrogens with zero attached hydrogens (tertiary/aromatic N) is 1. The third-order valence-corrected chi connectivity index (χ3v) is 4.26. The fourth-order valence-electron chi connectivity index (χ4n) is 2.85. The lowest BCUT2D eigenvalue weighted by Crippen LogP contribution is -2.59. The van der Waals surface area contributed by atoms with Crippen molar-refractivity contribution in [3.8, 4) is 0 Å². The van der Waals surface area contributed by atoms with E-state index in [2.05, 4.69) is 6.92 Å². The van der Waals surface area contributed by atoms with Gasteiger partial charge in [0.05, 0.1) is 6.10 Å². The van der Waals surface area contributed by atoms with Crippen molar-refractivity contribution in [2.75, 3.05) is 19.7 Å². The van der Waals surface area contributed by atoms with Crippen LogP contribution in [0.4, 0.5) is 0 Å². The number of hydrogen-bond acceptors (Lipinski definition) is 5. The Labute approximate surface area is 122 Å². The van der Waals surface area contributed by atoms with Crippen LogP contribution in [0.1, 0.15) is 51.9 Å². The minimum Gasteiger partial charge on any atom is -0.396 e. The first kappa shape index (κ1) is 17.9. The Balaban J connectivity index is 2.21. The molecule has 1 rings (SSSR count). The highest BCUT2D eigenvalue weighted by molar-refractivity contribution is 4.89. The molecule has 5 nitrogen and oxygen atoms in total. The van der Waals surface area contributed by atoms with E-state index in [4.69, 9.17) is 0 Å². The quantitative estimate of drug-likeness (QED) is 0.470. The Morgan fingerprint density at radius 3 is 2.10 bits per heavy atom. The van der Waals surface area contributed by atoms with Crippen LogP contribution in [0.25, 0.3) is 0 Å². The molecule has 0 spiro atoms. The van der Waals surface area contributed by atoms with E-state index >= 15 is 0 Å². The smallest absolute Gasteiger partial charge is 0.136 e. The van der Waals surface area contributed by atoms with Crippen molar-refractivity contribution in [2.45, 2.75) is 70.3 Å². The largest absolute Gasteiger partial charge is 0.396 e. The average Bonchev–Trinajstić information content (AvgIpc) is 2.46. The van der Waals surface area contributed by atoms with Gasteiger partial charge in [0.2, 0.25) is 0 Å². The summed E-state index contributed by atoms with van der Waals surface area (Å²) >= 11 is 0. The van der Waals surface area contributed by atoms with Gasteiger partial charge in [0, 0.05) is 25.6 Å². The second-order valence-corrected chi connectivity index (χ2v) is 5.95. The second kappa shape index (κ2) is 9.68. The van der Waals surface area contributed by atoms with Gasteiger partial charge in [-0.3, -0.25) is 4.90 Å². The van der Waals surface area contributed by atoms with Crippen LogP contribution < -0.4 is 0 Å². The SMILES string of the molecule is CCCCCCCCCN1C[C@H](CO)[C@@H](O)[C@H](O)C1O. The molecule has 1 aliphatic rings. The van der Waals surface area contributed by atoms with Crippen LogP contribution in [0.2, 0.25) is 0 Å². The van der Waals surface area contributed by atoms with Crippen molar-refractivity contribution in [1.82, 2.24) is 4.90 Å². The van der Waals surface area contributed by atoms with Gasteiger partial charge in [0.1, 0.15) is 12.3 Å². The third kappa shape index (κ3) is 5.30. The standard InChI is InChI=1S/C15H31NO4/c1-2-3-4-5-6-7-8-9-16-10-12(11-17)13(18)14(19)15(16)20/h12-15,17-20H,2-11H2,1H3/t12-,13-,14+,15?/m1/s1. The summed E-state index contributed by atoms with van der Waals surface area (Å²) in [5, 5.41) is 38.6. The van der Waals surface area contributed by atoms with Gasteiger partial charge in [0.25, 0.3) is 0 Å². The molecule has 0 amide bonds. The summed E-state index contributed by atoms with van der Waals surface area (Å²) in [7, 11) is 0. The molecule has 0 aromatic heterocycles. The molecule has 1 heterocycles. The van der Waals surface area contributed by atoms with E-state index in [1.165, 1.54) is 32.1 Å². The lowest BCUT2D eigenvalue weighted by Gasteiger charge is -2.42. The zero-order chi connectivity index (χ0) is 15.0. The minimum atomic E-state index is -1.19. The fraction of sp³-hybridized carbons (Fsp3) is 1.00. The molecule has 0 radical (unpaired) electrons. The summed E-state index contributed by atoms with van der Waals surface area (Å²) in [5.41, 5.74) is 0. The summed E-state index contributed by atoms with van der Waals surface area (Å²) < 4.78 is 0. The van der Waals surface area contributed by atoms with Crippen LogP contribution in [0.3, 0.4) is 0 Å². The zero-order valence-electron chi connectivity index (χ0n) is 12.6. The maximum absolute atomic E-state index is 9.93. The molecule has 5 heteroatoms. The van der Waals surface area contributed by atoms with Crippen LogP contribution >= 0.6 is 0 Å². The van der Waals surface area contributed by atoms with Crippen molar-refractivity contribution in [3.05, 3.63) is 0 Å². The number of unbranched alkanes of at least 4 members (excludes halogenated alkanes) is 6. The number of rotatable bonds is 9. The molecule has 4 N–H and O–H groups in total. The molecule has 1 fully saturated rings. The van der Waals surface area contributed by atoms with Gasteiger partial charge in [-0.15, -0.1) is 0 Å². The van der Waals surface area contributed by atoms with E-state index in [0.29, 0.717) is 13.1 Å². The summed E-state index contributed by atoms with van der Waals surface area (Å²) in [6, 6.07) is 0. The predicted octanol–water partition coefficient (Wildman–Crippen LogP) is 0.701. The molecular formula is C15H31NO4. The Morgan fingerprint density at radius 1 is 0.900 bits per heavy atom. The van der Waals surface area contributed by atoms with Crippen LogP contribution in [0.15, 0.2) is 0 Å². The Kier molecular flexibility index (Phi) is 8.64. The van der Waals surface area contributed by atoms with Crippen LogP contribution in [0, 0.1) is 5.92 Å². The number of likely N-dealkylation sites (tertiary alicyclic amines) is 1. The van der Waals surface area contributed by atoms with Gasteiger partial charge in [0.15, 0.2) is 0 Å². The summed E-state index contributed by atoms with van der Waals surface area (Å²) in [4.78, 5) is 1.77. The molecule has 0 saturated carbocycles. The van der Waals surface area contributed by atoms with Crippen LogP contribution in [-0.2, 0) is 0 Å². The van der Waals surface area contributed by atoms with E-state index in [9.17, 15) is 20.4 Å². The number of aliphatic hydroxyl groups excluding tert-OH is 4. The molecule has 120 valence electrons. The molecule has 0 aliphatic carbocycles. The first-order valence-corrected chi connectivity index (χ1v) is 8.01. The van der Waals surface area contributed by atoms with Gasteiger partial charge in [-0.25, -0.2) is 0 Å². The number of hydrogen-bond donors (Lipinski definition) is 4.